The van der Waals surface area contributed by atoms with E-state index in [1.165, 1.54) is 0 Å². The lowest BCUT2D eigenvalue weighted by Gasteiger charge is -2.12. The van der Waals surface area contributed by atoms with Crippen molar-refractivity contribution in [1.82, 2.24) is 10.6 Å². The summed E-state index contributed by atoms with van der Waals surface area (Å²) in [5, 5.41) is 7.33. The average molecular weight is 398 g/mol. The zero-order valence-corrected chi connectivity index (χ0v) is 17.2. The van der Waals surface area contributed by atoms with E-state index in [0.29, 0.717) is 13.2 Å². The van der Waals surface area contributed by atoms with Gasteiger partial charge in [0.2, 0.25) is 0 Å². The average Bonchev–Trinajstić information content (AvgIpc) is 3.19. The molecule has 2 rings (SSSR count). The fraction of sp³-hybridized carbons (Fsp3) is 0.650. The second kappa shape index (κ2) is 12.8. The number of rotatable bonds is 11. The molecule has 0 aromatic heterocycles. The highest BCUT2D eigenvalue weighted by molar-refractivity contribution is 6.31. The summed E-state index contributed by atoms with van der Waals surface area (Å²) in [5.74, 6) is 1.59. The maximum Gasteiger partial charge on any atom is 0.191 e. The van der Waals surface area contributed by atoms with Crippen LogP contribution in [0.5, 0.6) is 5.75 Å². The lowest BCUT2D eigenvalue weighted by Crippen LogP contribution is -2.38. The van der Waals surface area contributed by atoms with Crippen LogP contribution in [-0.4, -0.2) is 58.6 Å². The maximum absolute atomic E-state index is 6.29. The predicted molar refractivity (Wildman–Crippen MR) is 110 cm³/mol. The second-order valence-corrected chi connectivity index (χ2v) is 6.87. The number of methoxy groups -OCH3 is 1. The minimum atomic E-state index is 0.289. The molecule has 2 N–H and O–H groups in total. The quantitative estimate of drug-likeness (QED) is 0.341. The second-order valence-electron chi connectivity index (χ2n) is 6.46. The Morgan fingerprint density at radius 3 is 2.96 bits per heavy atom. The molecule has 1 unspecified atom stereocenters. The Bertz CT molecular complexity index is 578. The largest absolute Gasteiger partial charge is 0.497 e. The molecule has 1 aliphatic heterocycles. The summed E-state index contributed by atoms with van der Waals surface area (Å²) in [7, 11) is 1.64. The van der Waals surface area contributed by atoms with E-state index in [1.807, 2.05) is 18.2 Å². The third kappa shape index (κ3) is 8.37. The fourth-order valence-electron chi connectivity index (χ4n) is 2.86. The van der Waals surface area contributed by atoms with Crippen molar-refractivity contribution in [2.75, 3.05) is 46.6 Å². The number of halogens is 1. The monoisotopic (exact) mass is 397 g/mol. The summed E-state index contributed by atoms with van der Waals surface area (Å²) in [5.41, 5.74) is 1.09. The zero-order valence-electron chi connectivity index (χ0n) is 16.4. The van der Waals surface area contributed by atoms with Crippen LogP contribution in [0, 0.1) is 0 Å². The lowest BCUT2D eigenvalue weighted by atomic mass is 10.1. The molecule has 1 aromatic carbocycles. The number of aliphatic imine (C=N–C) groups is 1. The first-order chi connectivity index (χ1) is 13.2. The summed E-state index contributed by atoms with van der Waals surface area (Å²) in [6, 6.07) is 5.77. The highest BCUT2D eigenvalue weighted by Crippen LogP contribution is 2.22. The van der Waals surface area contributed by atoms with Gasteiger partial charge in [0.15, 0.2) is 5.96 Å². The third-order valence-corrected chi connectivity index (χ3v) is 4.69. The lowest BCUT2D eigenvalue weighted by molar-refractivity contribution is 0.0171. The Morgan fingerprint density at radius 1 is 1.37 bits per heavy atom. The van der Waals surface area contributed by atoms with Crippen LogP contribution < -0.4 is 15.4 Å². The van der Waals surface area contributed by atoms with Crippen LogP contribution in [0.3, 0.4) is 0 Å². The molecule has 0 bridgehead atoms. The van der Waals surface area contributed by atoms with E-state index in [0.717, 1.165) is 74.2 Å². The summed E-state index contributed by atoms with van der Waals surface area (Å²) in [6.07, 6.45) is 4.27. The number of hydrogen-bond acceptors (Lipinski definition) is 4. The number of ether oxygens (including phenoxy) is 3. The van der Waals surface area contributed by atoms with Crippen molar-refractivity contribution >= 4 is 17.6 Å². The minimum absolute atomic E-state index is 0.289. The summed E-state index contributed by atoms with van der Waals surface area (Å²) in [6.45, 7) is 6.65. The molecule has 152 valence electrons. The van der Waals surface area contributed by atoms with Gasteiger partial charge in [-0.15, -0.1) is 0 Å². The summed E-state index contributed by atoms with van der Waals surface area (Å²) < 4.78 is 16.4. The Labute approximate surface area is 167 Å². The molecule has 1 heterocycles. The SMILES string of the molecule is CCNC(=NCCCOCC1CCCO1)NCCc1ccc(OC)cc1Cl. The van der Waals surface area contributed by atoms with Gasteiger partial charge in [0, 0.05) is 37.9 Å². The van der Waals surface area contributed by atoms with E-state index in [-0.39, 0.29) is 6.10 Å². The number of benzene rings is 1. The Hall–Kier alpha value is -1.50. The van der Waals surface area contributed by atoms with Crippen molar-refractivity contribution in [3.8, 4) is 5.75 Å². The van der Waals surface area contributed by atoms with Crippen LogP contribution in [0.25, 0.3) is 0 Å². The maximum atomic E-state index is 6.29. The predicted octanol–water partition coefficient (Wildman–Crippen LogP) is 3.03. The van der Waals surface area contributed by atoms with Gasteiger partial charge in [0.1, 0.15) is 5.75 Å². The van der Waals surface area contributed by atoms with E-state index in [4.69, 9.17) is 25.8 Å². The molecule has 1 fully saturated rings. The van der Waals surface area contributed by atoms with E-state index in [2.05, 4.69) is 22.5 Å². The Balaban J connectivity index is 1.65. The standard InChI is InChI=1S/C20H32ClN3O3/c1-3-22-20(23-10-5-12-26-15-18-6-4-13-27-18)24-11-9-16-7-8-17(25-2)14-19(16)21/h7-8,14,18H,3-6,9-13,15H2,1-2H3,(H2,22,23,24). The molecule has 1 atom stereocenters. The van der Waals surface area contributed by atoms with Gasteiger partial charge in [-0.25, -0.2) is 0 Å². The Kier molecular flexibility index (Phi) is 10.3. The summed E-state index contributed by atoms with van der Waals surface area (Å²) >= 11 is 6.29. The van der Waals surface area contributed by atoms with Crippen molar-refractivity contribution in [2.45, 2.75) is 38.7 Å². The van der Waals surface area contributed by atoms with Crippen molar-refractivity contribution in [3.05, 3.63) is 28.8 Å². The molecular weight excluding hydrogens is 366 g/mol. The van der Waals surface area contributed by atoms with Crippen LogP contribution >= 0.6 is 11.6 Å². The van der Waals surface area contributed by atoms with Gasteiger partial charge in [0.25, 0.3) is 0 Å². The molecule has 0 amide bonds. The number of hydrogen-bond donors (Lipinski definition) is 2. The molecule has 0 aliphatic carbocycles. The van der Waals surface area contributed by atoms with E-state index in [1.54, 1.807) is 7.11 Å². The highest BCUT2D eigenvalue weighted by Gasteiger charge is 2.14. The topological polar surface area (TPSA) is 64.1 Å². The molecule has 1 saturated heterocycles. The zero-order chi connectivity index (χ0) is 19.3. The number of nitrogens with zero attached hydrogens (tertiary/aromatic N) is 1. The first kappa shape index (κ1) is 21.8. The summed E-state index contributed by atoms with van der Waals surface area (Å²) in [4.78, 5) is 4.59. The van der Waals surface area contributed by atoms with Crippen LogP contribution in [0.15, 0.2) is 23.2 Å². The van der Waals surface area contributed by atoms with Crippen LogP contribution in [0.4, 0.5) is 0 Å². The molecule has 6 nitrogen and oxygen atoms in total. The van der Waals surface area contributed by atoms with Crippen molar-refractivity contribution in [3.63, 3.8) is 0 Å². The van der Waals surface area contributed by atoms with Gasteiger partial charge < -0.3 is 24.8 Å². The normalized spacial score (nSPS) is 17.1. The van der Waals surface area contributed by atoms with Gasteiger partial charge in [-0.3, -0.25) is 4.99 Å². The Morgan fingerprint density at radius 2 is 2.26 bits per heavy atom. The smallest absolute Gasteiger partial charge is 0.191 e. The van der Waals surface area contributed by atoms with Gasteiger partial charge in [0.05, 0.1) is 19.8 Å². The highest BCUT2D eigenvalue weighted by atomic mass is 35.5. The fourth-order valence-corrected chi connectivity index (χ4v) is 3.13. The van der Waals surface area contributed by atoms with Crippen molar-refractivity contribution < 1.29 is 14.2 Å². The molecule has 0 spiro atoms. The van der Waals surface area contributed by atoms with Gasteiger partial charge in [-0.05, 0) is 50.3 Å². The first-order valence-corrected chi connectivity index (χ1v) is 10.1. The molecule has 1 aliphatic rings. The first-order valence-electron chi connectivity index (χ1n) is 9.77. The minimum Gasteiger partial charge on any atom is -0.497 e. The molecule has 27 heavy (non-hydrogen) atoms. The van der Waals surface area contributed by atoms with Crippen molar-refractivity contribution in [1.29, 1.82) is 0 Å². The molecule has 1 aromatic rings. The third-order valence-electron chi connectivity index (χ3n) is 4.34. The van der Waals surface area contributed by atoms with Crippen molar-refractivity contribution in [2.24, 2.45) is 4.99 Å². The molecule has 7 heteroatoms. The van der Waals surface area contributed by atoms with Crippen LogP contribution in [0.2, 0.25) is 5.02 Å². The van der Waals surface area contributed by atoms with Crippen LogP contribution in [0.1, 0.15) is 31.7 Å². The van der Waals surface area contributed by atoms with E-state index < -0.39 is 0 Å². The van der Waals surface area contributed by atoms with Crippen LogP contribution in [-0.2, 0) is 15.9 Å². The van der Waals surface area contributed by atoms with Gasteiger partial charge in [-0.1, -0.05) is 17.7 Å². The number of nitrogens with one attached hydrogen (secondary N) is 2. The molecular formula is C20H32ClN3O3. The van der Waals surface area contributed by atoms with Gasteiger partial charge in [-0.2, -0.15) is 0 Å². The molecule has 0 radical (unpaired) electrons. The molecule has 0 saturated carbocycles. The number of guanidine groups is 1. The van der Waals surface area contributed by atoms with Gasteiger partial charge >= 0.3 is 0 Å². The van der Waals surface area contributed by atoms with E-state index in [9.17, 15) is 0 Å². The van der Waals surface area contributed by atoms with E-state index >= 15 is 0 Å².